The highest BCUT2D eigenvalue weighted by molar-refractivity contribution is 5.76. The number of rotatable bonds is 4. The van der Waals surface area contributed by atoms with Crippen molar-refractivity contribution >= 4 is 11.2 Å². The minimum atomic E-state index is -1.23. The van der Waals surface area contributed by atoms with Crippen molar-refractivity contribution in [3.05, 3.63) is 12.2 Å². The lowest BCUT2D eigenvalue weighted by atomic mass is 10.1. The van der Waals surface area contributed by atoms with Crippen LogP contribution in [-0.2, 0) is 4.74 Å². The number of hydrogen-bond donors (Lipinski definition) is 3. The molecule has 1 aliphatic heterocycles. The van der Waals surface area contributed by atoms with E-state index < -0.39 is 31.1 Å². The zero-order valence-corrected chi connectivity index (χ0v) is 12.3. The zero-order valence-electron chi connectivity index (χ0n) is 12.3. The second-order valence-corrected chi connectivity index (χ2v) is 5.12. The summed E-state index contributed by atoms with van der Waals surface area (Å²) < 4.78 is 12.3. The first-order valence-corrected chi connectivity index (χ1v) is 6.96. The third-order valence-electron chi connectivity index (χ3n) is 3.58. The Labute approximate surface area is 131 Å². The smallest absolute Gasteiger partial charge is 0.246 e. The van der Waals surface area contributed by atoms with Crippen LogP contribution in [0, 0.1) is 19.3 Å². The highest BCUT2D eigenvalue weighted by Gasteiger charge is 2.44. The molecule has 0 saturated carbocycles. The molecule has 9 heteroatoms. The van der Waals surface area contributed by atoms with Crippen LogP contribution < -0.4 is 4.74 Å². The van der Waals surface area contributed by atoms with Crippen LogP contribution in [0.1, 0.15) is 12.1 Å². The molecule has 1 fully saturated rings. The SMILES string of the molecule is C#CCOc1nc(C)nc2c1ncn2[C@@H]1O[C@H](CO)C(O)[C@@H]1O. The van der Waals surface area contributed by atoms with Crippen LogP contribution in [0.4, 0.5) is 0 Å². The molecule has 3 heterocycles. The van der Waals surface area contributed by atoms with Crippen molar-refractivity contribution in [1.82, 2.24) is 19.5 Å². The van der Waals surface area contributed by atoms with Gasteiger partial charge in [-0.2, -0.15) is 4.98 Å². The van der Waals surface area contributed by atoms with Crippen molar-refractivity contribution < 1.29 is 24.8 Å². The predicted octanol–water partition coefficient (Wildman–Crippen LogP) is -1.24. The largest absolute Gasteiger partial charge is 0.463 e. The molecular weight excluding hydrogens is 304 g/mol. The molecule has 2 aromatic rings. The van der Waals surface area contributed by atoms with Crippen molar-refractivity contribution in [2.75, 3.05) is 13.2 Å². The summed E-state index contributed by atoms with van der Waals surface area (Å²) in [4.78, 5) is 12.6. The van der Waals surface area contributed by atoms with E-state index in [9.17, 15) is 15.3 Å². The molecule has 1 aliphatic rings. The van der Waals surface area contributed by atoms with Gasteiger partial charge in [-0.05, 0) is 6.92 Å². The summed E-state index contributed by atoms with van der Waals surface area (Å²) in [7, 11) is 0. The Balaban J connectivity index is 2.03. The average molecular weight is 320 g/mol. The maximum Gasteiger partial charge on any atom is 0.246 e. The van der Waals surface area contributed by atoms with Crippen molar-refractivity contribution in [1.29, 1.82) is 0 Å². The number of nitrogens with zero attached hydrogens (tertiary/aromatic N) is 4. The highest BCUT2D eigenvalue weighted by Crippen LogP contribution is 2.32. The standard InChI is InChI=1S/C14H16N4O5/c1-3-4-22-13-9-12(16-7(2)17-13)18(6-15-9)14-11(21)10(20)8(5-19)23-14/h1,6,8,10-11,14,19-21H,4-5H2,2H3/t8-,10?,11+,14-/m1/s1. The molecule has 4 atom stereocenters. The molecule has 0 aromatic carbocycles. The van der Waals surface area contributed by atoms with Crippen LogP contribution in [0.3, 0.4) is 0 Å². The van der Waals surface area contributed by atoms with E-state index in [1.54, 1.807) is 6.92 Å². The molecular formula is C14H16N4O5. The summed E-state index contributed by atoms with van der Waals surface area (Å²) in [5, 5.41) is 29.2. The first-order chi connectivity index (χ1) is 11.1. The number of terminal acetylenes is 1. The fourth-order valence-corrected chi connectivity index (χ4v) is 2.50. The molecule has 0 spiro atoms. The van der Waals surface area contributed by atoms with Gasteiger partial charge in [0, 0.05) is 0 Å². The van der Waals surface area contributed by atoms with Crippen LogP contribution in [0.5, 0.6) is 5.88 Å². The van der Waals surface area contributed by atoms with E-state index in [-0.39, 0.29) is 12.5 Å². The van der Waals surface area contributed by atoms with Gasteiger partial charge in [-0.15, -0.1) is 6.42 Å². The minimum Gasteiger partial charge on any atom is -0.463 e. The van der Waals surface area contributed by atoms with Crippen molar-refractivity contribution in [2.45, 2.75) is 31.5 Å². The van der Waals surface area contributed by atoms with Crippen LogP contribution in [-0.4, -0.2) is 66.4 Å². The second kappa shape index (κ2) is 6.10. The van der Waals surface area contributed by atoms with E-state index in [0.29, 0.717) is 17.0 Å². The normalized spacial score (nSPS) is 27.3. The number of aliphatic hydroxyl groups excluding tert-OH is 3. The van der Waals surface area contributed by atoms with E-state index in [4.69, 9.17) is 15.9 Å². The van der Waals surface area contributed by atoms with Gasteiger partial charge in [0.1, 0.15) is 24.1 Å². The number of imidazole rings is 1. The van der Waals surface area contributed by atoms with Crippen LogP contribution in [0.25, 0.3) is 11.2 Å². The molecule has 3 N–H and O–H groups in total. The lowest BCUT2D eigenvalue weighted by molar-refractivity contribution is -0.0511. The van der Waals surface area contributed by atoms with Crippen molar-refractivity contribution in [2.24, 2.45) is 0 Å². The first-order valence-electron chi connectivity index (χ1n) is 6.96. The van der Waals surface area contributed by atoms with E-state index in [0.717, 1.165) is 0 Å². The fraction of sp³-hybridized carbons (Fsp3) is 0.500. The van der Waals surface area contributed by atoms with E-state index in [1.165, 1.54) is 10.9 Å². The summed E-state index contributed by atoms with van der Waals surface area (Å²) in [6, 6.07) is 0. The predicted molar refractivity (Wildman–Crippen MR) is 77.4 cm³/mol. The van der Waals surface area contributed by atoms with Gasteiger partial charge in [0.15, 0.2) is 24.0 Å². The third-order valence-corrected chi connectivity index (χ3v) is 3.58. The lowest BCUT2D eigenvalue weighted by Crippen LogP contribution is -2.33. The van der Waals surface area contributed by atoms with Crippen LogP contribution in [0.2, 0.25) is 0 Å². The Morgan fingerprint density at radius 2 is 2.17 bits per heavy atom. The third kappa shape index (κ3) is 2.62. The van der Waals surface area contributed by atoms with Gasteiger partial charge < -0.3 is 24.8 Å². The molecule has 0 radical (unpaired) electrons. The molecule has 0 aliphatic carbocycles. The van der Waals surface area contributed by atoms with Gasteiger partial charge in [0.05, 0.1) is 12.9 Å². The van der Waals surface area contributed by atoms with Gasteiger partial charge in [0.2, 0.25) is 5.88 Å². The Morgan fingerprint density at radius 1 is 1.39 bits per heavy atom. The van der Waals surface area contributed by atoms with Gasteiger partial charge in [-0.25, -0.2) is 9.97 Å². The Hall–Kier alpha value is -2.25. The average Bonchev–Trinajstić information content (AvgIpc) is 3.07. The maximum atomic E-state index is 10.1. The van der Waals surface area contributed by atoms with Gasteiger partial charge in [-0.3, -0.25) is 4.57 Å². The molecule has 0 amide bonds. The van der Waals surface area contributed by atoms with E-state index >= 15 is 0 Å². The summed E-state index contributed by atoms with van der Waals surface area (Å²) in [6.07, 6.45) is 2.34. The topological polar surface area (TPSA) is 123 Å². The molecule has 23 heavy (non-hydrogen) atoms. The Morgan fingerprint density at radius 3 is 2.83 bits per heavy atom. The number of ether oxygens (including phenoxy) is 2. The van der Waals surface area contributed by atoms with Crippen LogP contribution in [0.15, 0.2) is 6.33 Å². The summed E-state index contributed by atoms with van der Waals surface area (Å²) in [6.45, 7) is 1.30. The summed E-state index contributed by atoms with van der Waals surface area (Å²) in [5.41, 5.74) is 0.739. The van der Waals surface area contributed by atoms with Crippen LogP contribution >= 0.6 is 0 Å². The first kappa shape index (κ1) is 15.6. The zero-order chi connectivity index (χ0) is 16.6. The number of aryl methyl sites for hydroxylation is 1. The molecule has 0 bridgehead atoms. The molecule has 1 unspecified atom stereocenters. The van der Waals surface area contributed by atoms with Crippen molar-refractivity contribution in [3.63, 3.8) is 0 Å². The highest BCUT2D eigenvalue weighted by atomic mass is 16.6. The molecule has 122 valence electrons. The molecule has 2 aromatic heterocycles. The van der Waals surface area contributed by atoms with E-state index in [2.05, 4.69) is 20.9 Å². The van der Waals surface area contributed by atoms with Gasteiger partial charge in [-0.1, -0.05) is 5.92 Å². The number of fused-ring (bicyclic) bond motifs is 1. The lowest BCUT2D eigenvalue weighted by Gasteiger charge is -2.16. The number of aliphatic hydroxyl groups is 3. The second-order valence-electron chi connectivity index (χ2n) is 5.12. The maximum absolute atomic E-state index is 10.1. The van der Waals surface area contributed by atoms with Gasteiger partial charge >= 0.3 is 0 Å². The minimum absolute atomic E-state index is 0.0340. The number of aromatic nitrogens is 4. The monoisotopic (exact) mass is 320 g/mol. The fourth-order valence-electron chi connectivity index (χ4n) is 2.50. The molecule has 3 rings (SSSR count). The number of hydrogen-bond acceptors (Lipinski definition) is 8. The van der Waals surface area contributed by atoms with Crippen molar-refractivity contribution in [3.8, 4) is 18.2 Å². The quantitative estimate of drug-likeness (QED) is 0.598. The summed E-state index contributed by atoms with van der Waals surface area (Å²) >= 11 is 0. The van der Waals surface area contributed by atoms with Gasteiger partial charge in [0.25, 0.3) is 0 Å². The Kier molecular flexibility index (Phi) is 4.14. The Bertz CT molecular complexity index is 755. The molecule has 9 nitrogen and oxygen atoms in total. The summed E-state index contributed by atoms with van der Waals surface area (Å²) in [5.74, 6) is 3.01. The van der Waals surface area contributed by atoms with E-state index in [1.807, 2.05) is 0 Å². The molecule has 1 saturated heterocycles.